The molecule has 11 nitrogen and oxygen atoms in total. The number of carbonyl (C=O) groups is 3. The molecule has 11 heteroatoms. The summed E-state index contributed by atoms with van der Waals surface area (Å²) in [5.41, 5.74) is 1.21. The molecular formula is C30H38N4O7. The van der Waals surface area contributed by atoms with Crippen LogP contribution in [0.15, 0.2) is 24.3 Å². The second-order valence-electron chi connectivity index (χ2n) is 12.0. The number of amides is 2. The molecule has 1 aliphatic carbocycles. The number of fused-ring (bicyclic) bond motifs is 5. The van der Waals surface area contributed by atoms with Gasteiger partial charge in [0.05, 0.1) is 31.8 Å². The van der Waals surface area contributed by atoms with Crippen molar-refractivity contribution < 1.29 is 33.3 Å². The molecule has 0 radical (unpaired) electrons. The smallest absolute Gasteiger partial charge is 0.408 e. The molecular weight excluding hydrogens is 528 g/mol. The number of nitrogens with one attached hydrogen (secondary N) is 1. The molecule has 1 aromatic carbocycles. The number of methoxy groups -OCH3 is 2. The van der Waals surface area contributed by atoms with E-state index in [1.807, 2.05) is 45.1 Å². The van der Waals surface area contributed by atoms with Crippen LogP contribution in [0.25, 0.3) is 17.1 Å². The monoisotopic (exact) mass is 566 g/mol. The summed E-state index contributed by atoms with van der Waals surface area (Å²) in [7, 11) is 2.87. The third-order valence-electron chi connectivity index (χ3n) is 7.87. The van der Waals surface area contributed by atoms with E-state index in [9.17, 15) is 14.4 Å². The van der Waals surface area contributed by atoms with Crippen LogP contribution in [0.4, 0.5) is 4.79 Å². The average Bonchev–Trinajstić information content (AvgIpc) is 3.53. The van der Waals surface area contributed by atoms with Gasteiger partial charge in [-0.3, -0.25) is 4.79 Å². The number of allylic oxidation sites excluding steroid dienone is 1. The van der Waals surface area contributed by atoms with Crippen LogP contribution in [0.2, 0.25) is 0 Å². The van der Waals surface area contributed by atoms with E-state index in [1.165, 1.54) is 12.0 Å². The molecule has 2 bridgehead atoms. The Labute approximate surface area is 239 Å². The van der Waals surface area contributed by atoms with Gasteiger partial charge in [-0.2, -0.15) is 0 Å². The van der Waals surface area contributed by atoms with Gasteiger partial charge in [0.25, 0.3) is 0 Å². The Morgan fingerprint density at radius 1 is 1.10 bits per heavy atom. The van der Waals surface area contributed by atoms with E-state index in [0.29, 0.717) is 34.3 Å². The Morgan fingerprint density at radius 3 is 2.63 bits per heavy atom. The zero-order valence-electron chi connectivity index (χ0n) is 24.2. The summed E-state index contributed by atoms with van der Waals surface area (Å²) in [5.74, 6) is 0.291. The van der Waals surface area contributed by atoms with Crippen LogP contribution in [0.1, 0.15) is 58.6 Å². The van der Waals surface area contributed by atoms with Crippen LogP contribution in [-0.4, -0.2) is 77.9 Å². The lowest BCUT2D eigenvalue weighted by Gasteiger charge is -2.34. The van der Waals surface area contributed by atoms with Gasteiger partial charge >= 0.3 is 12.1 Å². The molecule has 3 aliphatic rings. The zero-order chi connectivity index (χ0) is 29.3. The summed E-state index contributed by atoms with van der Waals surface area (Å²) >= 11 is 0. The minimum atomic E-state index is -0.927. The Balaban J connectivity index is 1.51. The molecule has 2 fully saturated rings. The lowest BCUT2D eigenvalue weighted by atomic mass is 9.85. The third-order valence-corrected chi connectivity index (χ3v) is 7.87. The minimum Gasteiger partial charge on any atom is -0.497 e. The topological polar surface area (TPSA) is 129 Å². The van der Waals surface area contributed by atoms with Crippen LogP contribution >= 0.6 is 0 Å². The molecule has 2 aliphatic heterocycles. The van der Waals surface area contributed by atoms with Gasteiger partial charge in [0, 0.05) is 12.5 Å². The van der Waals surface area contributed by atoms with E-state index in [1.54, 1.807) is 13.2 Å². The number of nitrogens with zero attached hydrogens (tertiary/aromatic N) is 3. The van der Waals surface area contributed by atoms with E-state index in [-0.39, 0.29) is 19.1 Å². The molecule has 5 atom stereocenters. The van der Waals surface area contributed by atoms with Gasteiger partial charge in [0.2, 0.25) is 11.8 Å². The maximum atomic E-state index is 13.9. The number of carbonyl (C=O) groups excluding carboxylic acids is 3. The van der Waals surface area contributed by atoms with Crippen LogP contribution < -0.4 is 14.8 Å². The number of aromatic nitrogens is 2. The first kappa shape index (κ1) is 28.6. The fourth-order valence-corrected chi connectivity index (χ4v) is 5.46. The van der Waals surface area contributed by atoms with Crippen molar-refractivity contribution in [3.05, 3.63) is 30.0 Å². The molecule has 1 aromatic heterocycles. The fraction of sp³-hybridized carbons (Fsp3) is 0.567. The van der Waals surface area contributed by atoms with Crippen molar-refractivity contribution in [2.75, 3.05) is 20.8 Å². The number of benzene rings is 1. The number of ether oxygens (including phenoxy) is 4. The van der Waals surface area contributed by atoms with Crippen LogP contribution in [0.5, 0.6) is 11.6 Å². The Morgan fingerprint density at radius 2 is 1.90 bits per heavy atom. The number of esters is 1. The summed E-state index contributed by atoms with van der Waals surface area (Å²) in [6.07, 6.45) is 6.27. The molecule has 5 unspecified atom stereocenters. The van der Waals surface area contributed by atoms with Gasteiger partial charge in [-0.1, -0.05) is 26.8 Å². The fourth-order valence-electron chi connectivity index (χ4n) is 5.46. The first-order valence-corrected chi connectivity index (χ1v) is 14.1. The molecule has 41 heavy (non-hydrogen) atoms. The molecule has 1 N–H and O–H groups in total. The van der Waals surface area contributed by atoms with Crippen molar-refractivity contribution in [2.24, 2.45) is 11.3 Å². The standard InChI is InChI=1S/C30H38N4O7/c1-30(2,3)25-27(35)34-16-19(15-23(34)28(36)39-5)40-26-21(31-20-12-11-18(38-4)14-22(20)32-26)10-8-6-7-9-17-13-24(17)41-29(37)33-25/h8,10-12,14,17,19,23-25H,6-7,9,13,15-16H2,1-5H3,(H,33,37). The minimum absolute atomic E-state index is 0.105. The van der Waals surface area contributed by atoms with Crippen LogP contribution in [-0.2, 0) is 19.1 Å². The number of rotatable bonds is 2. The zero-order valence-corrected chi connectivity index (χ0v) is 24.2. The predicted octanol–water partition coefficient (Wildman–Crippen LogP) is 3.89. The number of alkyl carbamates (subject to hydrolysis) is 1. The highest BCUT2D eigenvalue weighted by Crippen LogP contribution is 2.38. The molecule has 220 valence electrons. The predicted molar refractivity (Wildman–Crippen MR) is 150 cm³/mol. The van der Waals surface area contributed by atoms with Crippen LogP contribution in [0.3, 0.4) is 0 Å². The molecule has 2 amide bonds. The highest BCUT2D eigenvalue weighted by atomic mass is 16.6. The molecule has 0 spiro atoms. The summed E-state index contributed by atoms with van der Waals surface area (Å²) < 4.78 is 22.4. The number of hydrogen-bond donors (Lipinski definition) is 1. The molecule has 5 rings (SSSR count). The lowest BCUT2D eigenvalue weighted by molar-refractivity contribution is -0.152. The summed E-state index contributed by atoms with van der Waals surface area (Å²) in [4.78, 5) is 50.6. The van der Waals surface area contributed by atoms with Gasteiger partial charge in [-0.25, -0.2) is 19.6 Å². The van der Waals surface area contributed by atoms with Crippen molar-refractivity contribution in [2.45, 2.75) is 77.2 Å². The van der Waals surface area contributed by atoms with Gasteiger partial charge in [-0.05, 0) is 55.2 Å². The molecule has 3 heterocycles. The summed E-state index contributed by atoms with van der Waals surface area (Å²) in [6.45, 7) is 5.68. The maximum Gasteiger partial charge on any atom is 0.408 e. The van der Waals surface area contributed by atoms with E-state index in [2.05, 4.69) is 5.32 Å². The van der Waals surface area contributed by atoms with Crippen molar-refractivity contribution in [3.8, 4) is 11.6 Å². The normalized spacial score (nSPS) is 27.0. The van der Waals surface area contributed by atoms with Gasteiger partial charge in [0.1, 0.15) is 35.7 Å². The first-order valence-electron chi connectivity index (χ1n) is 14.1. The van der Waals surface area contributed by atoms with Crippen molar-refractivity contribution in [3.63, 3.8) is 0 Å². The largest absolute Gasteiger partial charge is 0.497 e. The Hall–Kier alpha value is -3.89. The Bertz CT molecular complexity index is 1350. The second-order valence-corrected chi connectivity index (χ2v) is 12.0. The van der Waals surface area contributed by atoms with E-state index >= 15 is 0 Å². The molecule has 1 saturated heterocycles. The van der Waals surface area contributed by atoms with Gasteiger partial charge in [-0.15, -0.1) is 0 Å². The van der Waals surface area contributed by atoms with Crippen molar-refractivity contribution in [1.82, 2.24) is 20.2 Å². The second kappa shape index (κ2) is 11.5. The van der Waals surface area contributed by atoms with Crippen molar-refractivity contribution >= 4 is 35.1 Å². The maximum absolute atomic E-state index is 13.9. The van der Waals surface area contributed by atoms with E-state index in [0.717, 1.165) is 25.7 Å². The first-order chi connectivity index (χ1) is 19.6. The highest BCUT2D eigenvalue weighted by Gasteiger charge is 2.47. The lowest BCUT2D eigenvalue weighted by Crippen LogP contribution is -2.57. The molecule has 1 saturated carbocycles. The third kappa shape index (κ3) is 6.39. The SMILES string of the molecule is COC(=O)C1CC2CN1C(=O)C(C(C)(C)C)NC(=O)OC1CC1CCCC=Cc1nc3ccc(OC)cc3nc1O2. The van der Waals surface area contributed by atoms with Crippen LogP contribution in [0, 0.1) is 11.3 Å². The Kier molecular flexibility index (Phi) is 8.06. The van der Waals surface area contributed by atoms with Gasteiger partial charge < -0.3 is 29.2 Å². The quantitative estimate of drug-likeness (QED) is 0.538. The van der Waals surface area contributed by atoms with E-state index < -0.39 is 41.6 Å². The number of hydrogen-bond acceptors (Lipinski definition) is 9. The summed E-state index contributed by atoms with van der Waals surface area (Å²) in [5, 5.41) is 2.78. The molecule has 2 aromatic rings. The van der Waals surface area contributed by atoms with Crippen molar-refractivity contribution in [1.29, 1.82) is 0 Å². The van der Waals surface area contributed by atoms with Gasteiger partial charge in [0.15, 0.2) is 0 Å². The summed E-state index contributed by atoms with van der Waals surface area (Å²) in [6, 6.07) is 3.65. The highest BCUT2D eigenvalue weighted by molar-refractivity contribution is 5.91. The van der Waals surface area contributed by atoms with E-state index in [4.69, 9.17) is 28.9 Å². The average molecular weight is 567 g/mol.